The Balaban J connectivity index is 1.41. The van der Waals surface area contributed by atoms with Crippen LogP contribution < -0.4 is 10.6 Å². The predicted molar refractivity (Wildman–Crippen MR) is 146 cm³/mol. The molecule has 3 aromatic rings. The van der Waals surface area contributed by atoms with Gasteiger partial charge in [-0.3, -0.25) is 4.79 Å². The number of carbonyl (C=O) groups excluding carboxylic acids is 3. The average molecular weight is 515 g/mol. The second-order valence-corrected chi connectivity index (χ2v) is 9.69. The van der Waals surface area contributed by atoms with Gasteiger partial charge >= 0.3 is 12.1 Å². The molecular weight excluding hydrogens is 480 g/mol. The SMILES string of the molecule is CCOC(=O)[C@H](Cc1ccccc1)NC(=O)[C@@H](NC(=O)OCC1c2ccccc2-c2ccccc21)C(C)C. The van der Waals surface area contributed by atoms with E-state index in [9.17, 15) is 14.4 Å². The number of benzene rings is 3. The molecule has 0 aromatic heterocycles. The third-order valence-corrected chi connectivity index (χ3v) is 6.74. The number of carbonyl (C=O) groups is 3. The second kappa shape index (κ2) is 12.4. The van der Waals surface area contributed by atoms with Crippen molar-refractivity contribution in [1.29, 1.82) is 0 Å². The Hall–Kier alpha value is -4.13. The van der Waals surface area contributed by atoms with E-state index in [2.05, 4.69) is 22.8 Å². The summed E-state index contributed by atoms with van der Waals surface area (Å²) in [5, 5.41) is 5.48. The Labute approximate surface area is 223 Å². The molecule has 198 valence electrons. The molecule has 0 fully saturated rings. The van der Waals surface area contributed by atoms with E-state index in [1.165, 1.54) is 0 Å². The number of hydrogen-bond donors (Lipinski definition) is 2. The van der Waals surface area contributed by atoms with Crippen molar-refractivity contribution in [3.63, 3.8) is 0 Å². The molecule has 0 spiro atoms. The van der Waals surface area contributed by atoms with Crippen LogP contribution in [0.4, 0.5) is 4.79 Å². The van der Waals surface area contributed by atoms with Crippen molar-refractivity contribution in [3.05, 3.63) is 95.6 Å². The van der Waals surface area contributed by atoms with Gasteiger partial charge in [0.05, 0.1) is 6.61 Å². The highest BCUT2D eigenvalue weighted by atomic mass is 16.5. The Bertz CT molecular complexity index is 1230. The van der Waals surface area contributed by atoms with E-state index in [1.807, 2.05) is 80.6 Å². The minimum Gasteiger partial charge on any atom is -0.464 e. The normalized spacial score (nSPS) is 13.7. The molecule has 2 amide bonds. The molecule has 0 saturated carbocycles. The molecule has 0 bridgehead atoms. The molecule has 38 heavy (non-hydrogen) atoms. The van der Waals surface area contributed by atoms with Gasteiger partial charge in [-0.15, -0.1) is 0 Å². The van der Waals surface area contributed by atoms with Crippen LogP contribution in [0.25, 0.3) is 11.1 Å². The first-order chi connectivity index (χ1) is 18.4. The largest absolute Gasteiger partial charge is 0.464 e. The monoisotopic (exact) mass is 514 g/mol. The van der Waals surface area contributed by atoms with E-state index < -0.39 is 30.1 Å². The van der Waals surface area contributed by atoms with Crippen molar-refractivity contribution in [1.82, 2.24) is 10.6 Å². The van der Waals surface area contributed by atoms with Crippen molar-refractivity contribution in [2.75, 3.05) is 13.2 Å². The molecule has 2 N–H and O–H groups in total. The quantitative estimate of drug-likeness (QED) is 0.378. The summed E-state index contributed by atoms with van der Waals surface area (Å²) in [5.41, 5.74) is 5.38. The van der Waals surface area contributed by atoms with Crippen LogP contribution in [0.2, 0.25) is 0 Å². The molecule has 1 aliphatic carbocycles. The van der Waals surface area contributed by atoms with Gasteiger partial charge in [-0.25, -0.2) is 9.59 Å². The highest BCUT2D eigenvalue weighted by molar-refractivity contribution is 5.90. The highest BCUT2D eigenvalue weighted by Gasteiger charge is 2.32. The number of ether oxygens (including phenoxy) is 2. The fourth-order valence-electron chi connectivity index (χ4n) is 4.85. The van der Waals surface area contributed by atoms with E-state index in [0.717, 1.165) is 27.8 Å². The van der Waals surface area contributed by atoms with Crippen LogP contribution >= 0.6 is 0 Å². The van der Waals surface area contributed by atoms with Gasteiger partial charge in [0.15, 0.2) is 0 Å². The zero-order valence-corrected chi connectivity index (χ0v) is 22.0. The lowest BCUT2D eigenvalue weighted by atomic mass is 9.98. The van der Waals surface area contributed by atoms with E-state index in [-0.39, 0.29) is 31.5 Å². The number of hydrogen-bond acceptors (Lipinski definition) is 5. The topological polar surface area (TPSA) is 93.7 Å². The summed E-state index contributed by atoms with van der Waals surface area (Å²) in [5.74, 6) is -1.32. The van der Waals surface area contributed by atoms with Crippen LogP contribution in [0.3, 0.4) is 0 Å². The predicted octanol–water partition coefficient (Wildman–Crippen LogP) is 4.84. The third-order valence-electron chi connectivity index (χ3n) is 6.74. The number of alkyl carbamates (subject to hydrolysis) is 1. The van der Waals surface area contributed by atoms with Crippen molar-refractivity contribution < 1.29 is 23.9 Å². The van der Waals surface area contributed by atoms with Crippen molar-refractivity contribution in [2.45, 2.75) is 45.2 Å². The standard InChI is InChI=1S/C31H34N2O5/c1-4-37-30(35)27(18-21-12-6-5-7-13-21)32-29(34)28(20(2)3)33-31(36)38-19-26-24-16-10-8-14-22(24)23-15-9-11-17-25(23)26/h5-17,20,26-28H,4,18-19H2,1-3H3,(H,32,34)(H,33,36)/t27-,28-/m0/s1. The maximum Gasteiger partial charge on any atom is 0.407 e. The molecule has 0 saturated heterocycles. The zero-order chi connectivity index (χ0) is 27.1. The Kier molecular flexibility index (Phi) is 8.79. The molecule has 3 aromatic carbocycles. The number of rotatable bonds is 10. The number of fused-ring (bicyclic) bond motifs is 3. The van der Waals surface area contributed by atoms with Crippen molar-refractivity contribution in [3.8, 4) is 11.1 Å². The fraction of sp³-hybridized carbons (Fsp3) is 0.323. The van der Waals surface area contributed by atoms with Crippen LogP contribution in [-0.2, 0) is 25.5 Å². The number of amides is 2. The Morgan fingerprint density at radius 3 is 1.95 bits per heavy atom. The molecule has 7 nitrogen and oxygen atoms in total. The summed E-state index contributed by atoms with van der Waals surface area (Å²) in [4.78, 5) is 38.7. The van der Waals surface area contributed by atoms with Crippen LogP contribution in [0.1, 0.15) is 43.4 Å². The molecule has 0 radical (unpaired) electrons. The van der Waals surface area contributed by atoms with Crippen LogP contribution in [0.15, 0.2) is 78.9 Å². The van der Waals surface area contributed by atoms with Gasteiger partial charge in [0.25, 0.3) is 0 Å². The third kappa shape index (κ3) is 6.22. The summed E-state index contributed by atoms with van der Waals surface area (Å²) in [6.45, 7) is 5.71. The van der Waals surface area contributed by atoms with Gasteiger partial charge in [0.2, 0.25) is 5.91 Å². The lowest BCUT2D eigenvalue weighted by molar-refractivity contribution is -0.147. The van der Waals surface area contributed by atoms with Gasteiger partial charge in [0, 0.05) is 12.3 Å². The number of nitrogens with one attached hydrogen (secondary N) is 2. The first-order valence-electron chi connectivity index (χ1n) is 13.0. The molecule has 2 atom stereocenters. The fourth-order valence-corrected chi connectivity index (χ4v) is 4.85. The van der Waals surface area contributed by atoms with E-state index >= 15 is 0 Å². The van der Waals surface area contributed by atoms with Crippen LogP contribution in [-0.4, -0.2) is 43.3 Å². The first-order valence-corrected chi connectivity index (χ1v) is 13.0. The van der Waals surface area contributed by atoms with Crippen LogP contribution in [0, 0.1) is 5.92 Å². The van der Waals surface area contributed by atoms with Crippen molar-refractivity contribution in [2.24, 2.45) is 5.92 Å². The minimum absolute atomic E-state index is 0.0847. The lowest BCUT2D eigenvalue weighted by Gasteiger charge is -2.25. The molecular formula is C31H34N2O5. The summed E-state index contributed by atoms with van der Waals surface area (Å²) in [7, 11) is 0. The maximum atomic E-state index is 13.2. The molecule has 4 rings (SSSR count). The molecule has 0 heterocycles. The summed E-state index contributed by atoms with van der Waals surface area (Å²) in [6, 6.07) is 23.8. The summed E-state index contributed by atoms with van der Waals surface area (Å²) >= 11 is 0. The molecule has 1 aliphatic rings. The van der Waals surface area contributed by atoms with E-state index in [0.29, 0.717) is 0 Å². The van der Waals surface area contributed by atoms with Gasteiger partial charge in [-0.1, -0.05) is 92.7 Å². The minimum atomic E-state index is -0.890. The molecule has 7 heteroatoms. The Morgan fingerprint density at radius 2 is 1.37 bits per heavy atom. The lowest BCUT2D eigenvalue weighted by Crippen LogP contribution is -2.54. The van der Waals surface area contributed by atoms with Crippen LogP contribution in [0.5, 0.6) is 0 Å². The summed E-state index contributed by atoms with van der Waals surface area (Å²) in [6.07, 6.45) is -0.405. The van der Waals surface area contributed by atoms with Gasteiger partial charge in [-0.05, 0) is 40.7 Å². The van der Waals surface area contributed by atoms with Gasteiger partial charge in [-0.2, -0.15) is 0 Å². The number of esters is 1. The maximum absolute atomic E-state index is 13.2. The average Bonchev–Trinajstić information content (AvgIpc) is 3.24. The van der Waals surface area contributed by atoms with Gasteiger partial charge < -0.3 is 20.1 Å². The Morgan fingerprint density at radius 1 is 0.789 bits per heavy atom. The summed E-state index contributed by atoms with van der Waals surface area (Å²) < 4.78 is 10.8. The van der Waals surface area contributed by atoms with Crippen molar-refractivity contribution >= 4 is 18.0 Å². The van der Waals surface area contributed by atoms with Gasteiger partial charge in [0.1, 0.15) is 18.7 Å². The van der Waals surface area contributed by atoms with E-state index in [1.54, 1.807) is 6.92 Å². The zero-order valence-electron chi connectivity index (χ0n) is 22.0. The second-order valence-electron chi connectivity index (χ2n) is 9.69. The highest BCUT2D eigenvalue weighted by Crippen LogP contribution is 2.44. The first kappa shape index (κ1) is 26.9. The smallest absolute Gasteiger partial charge is 0.407 e. The van der Waals surface area contributed by atoms with E-state index in [4.69, 9.17) is 9.47 Å². The molecule has 0 unspecified atom stereocenters. The molecule has 0 aliphatic heterocycles.